The van der Waals surface area contributed by atoms with Crippen molar-refractivity contribution in [3.8, 4) is 22.8 Å². The van der Waals surface area contributed by atoms with E-state index in [1.165, 1.54) is 23.0 Å². The average Bonchev–Trinajstić information content (AvgIpc) is 2.86. The largest absolute Gasteiger partial charge is 0.494 e. The van der Waals surface area contributed by atoms with Crippen LogP contribution in [0.2, 0.25) is 0 Å². The van der Waals surface area contributed by atoms with Crippen molar-refractivity contribution in [3.63, 3.8) is 0 Å². The van der Waals surface area contributed by atoms with Gasteiger partial charge in [-0.3, -0.25) is 14.2 Å². The van der Waals surface area contributed by atoms with Crippen LogP contribution in [0.1, 0.15) is 24.2 Å². The number of carbonyl (C=O) groups is 1. The molecule has 180 valence electrons. The lowest BCUT2D eigenvalue weighted by Gasteiger charge is -2.09. The Morgan fingerprint density at radius 1 is 1.03 bits per heavy atom. The van der Waals surface area contributed by atoms with Gasteiger partial charge in [-0.2, -0.15) is 0 Å². The predicted molar refractivity (Wildman–Crippen MR) is 131 cm³/mol. The SMILES string of the molecule is CCOc1ccc(-c2cc(=O)n(CCNC(=O)c3cc4cccc(OCC)c4oc3=O)cn2)cc1. The van der Waals surface area contributed by atoms with Crippen molar-refractivity contribution in [2.75, 3.05) is 19.8 Å². The monoisotopic (exact) mass is 475 g/mol. The second kappa shape index (κ2) is 10.7. The molecule has 0 fully saturated rings. The number of aromatic nitrogens is 2. The third-order valence-electron chi connectivity index (χ3n) is 5.25. The van der Waals surface area contributed by atoms with E-state index >= 15 is 0 Å². The Kier molecular flexibility index (Phi) is 7.25. The van der Waals surface area contributed by atoms with E-state index in [-0.39, 0.29) is 24.2 Å². The van der Waals surface area contributed by atoms with Gasteiger partial charge in [0.25, 0.3) is 11.5 Å². The van der Waals surface area contributed by atoms with Gasteiger partial charge in [-0.05, 0) is 50.2 Å². The summed E-state index contributed by atoms with van der Waals surface area (Å²) in [5.41, 5.74) is 0.483. The number of hydrogen-bond donors (Lipinski definition) is 1. The molecule has 0 spiro atoms. The van der Waals surface area contributed by atoms with Crippen LogP contribution in [0.15, 0.2) is 74.9 Å². The van der Waals surface area contributed by atoms with Crippen molar-refractivity contribution < 1.29 is 18.7 Å². The molecule has 35 heavy (non-hydrogen) atoms. The summed E-state index contributed by atoms with van der Waals surface area (Å²) in [6.45, 7) is 5.04. The Bertz CT molecular complexity index is 1460. The molecule has 0 saturated carbocycles. The Labute approximate surface area is 200 Å². The quantitative estimate of drug-likeness (QED) is 0.370. The van der Waals surface area contributed by atoms with Gasteiger partial charge in [0.05, 0.1) is 25.2 Å². The molecule has 1 amide bonds. The second-order valence-corrected chi connectivity index (χ2v) is 7.57. The third kappa shape index (κ3) is 5.40. The topological polar surface area (TPSA) is 113 Å². The molecule has 2 aromatic carbocycles. The summed E-state index contributed by atoms with van der Waals surface area (Å²) in [7, 11) is 0. The standard InChI is InChI=1S/C26H25N3O6/c1-3-33-19-10-8-17(9-11-19)21-15-23(30)29(16-28-21)13-12-27-25(31)20-14-18-6-5-7-22(34-4-2)24(18)35-26(20)32/h5-11,14-16H,3-4,12-13H2,1-2H3,(H,27,31). The Balaban J connectivity index is 1.42. The first-order chi connectivity index (χ1) is 17.0. The van der Waals surface area contributed by atoms with Crippen molar-refractivity contribution in [2.45, 2.75) is 20.4 Å². The maximum atomic E-state index is 12.6. The zero-order valence-electron chi connectivity index (χ0n) is 19.4. The Morgan fingerprint density at radius 3 is 2.51 bits per heavy atom. The van der Waals surface area contributed by atoms with E-state index < -0.39 is 11.5 Å². The average molecular weight is 476 g/mol. The van der Waals surface area contributed by atoms with E-state index in [4.69, 9.17) is 13.9 Å². The molecule has 9 heteroatoms. The van der Waals surface area contributed by atoms with E-state index in [1.807, 2.05) is 38.1 Å². The first-order valence-corrected chi connectivity index (χ1v) is 11.3. The number of para-hydroxylation sites is 1. The molecule has 0 unspecified atom stereocenters. The lowest BCUT2D eigenvalue weighted by atomic mass is 10.1. The fourth-order valence-electron chi connectivity index (χ4n) is 3.57. The third-order valence-corrected chi connectivity index (χ3v) is 5.25. The number of benzene rings is 2. The van der Waals surface area contributed by atoms with Gasteiger partial charge in [0.15, 0.2) is 11.3 Å². The zero-order chi connectivity index (χ0) is 24.8. The van der Waals surface area contributed by atoms with Gasteiger partial charge < -0.3 is 19.2 Å². The van der Waals surface area contributed by atoms with Gasteiger partial charge in [-0.1, -0.05) is 12.1 Å². The Morgan fingerprint density at radius 2 is 1.80 bits per heavy atom. The van der Waals surface area contributed by atoms with Crippen LogP contribution in [-0.4, -0.2) is 35.2 Å². The summed E-state index contributed by atoms with van der Waals surface area (Å²) in [6.07, 6.45) is 1.43. The van der Waals surface area contributed by atoms with Crippen molar-refractivity contribution >= 4 is 16.9 Å². The number of ether oxygens (including phenoxy) is 2. The van der Waals surface area contributed by atoms with Crippen molar-refractivity contribution in [1.82, 2.24) is 14.9 Å². The van der Waals surface area contributed by atoms with Crippen LogP contribution in [0.5, 0.6) is 11.5 Å². The number of fused-ring (bicyclic) bond motifs is 1. The second-order valence-electron chi connectivity index (χ2n) is 7.57. The predicted octanol–water partition coefficient (Wildman–Crippen LogP) is 3.24. The normalized spacial score (nSPS) is 10.8. The summed E-state index contributed by atoms with van der Waals surface area (Å²) in [4.78, 5) is 41.9. The molecule has 0 radical (unpaired) electrons. The van der Waals surface area contributed by atoms with Gasteiger partial charge in [-0.15, -0.1) is 0 Å². The Hall–Kier alpha value is -4.40. The van der Waals surface area contributed by atoms with Crippen LogP contribution in [-0.2, 0) is 6.54 Å². The van der Waals surface area contributed by atoms with Crippen molar-refractivity contribution in [2.24, 2.45) is 0 Å². The maximum absolute atomic E-state index is 12.6. The summed E-state index contributed by atoms with van der Waals surface area (Å²) in [5.74, 6) is 0.597. The van der Waals surface area contributed by atoms with Gasteiger partial charge in [0.2, 0.25) is 0 Å². The summed E-state index contributed by atoms with van der Waals surface area (Å²) in [5, 5.41) is 3.23. The highest BCUT2D eigenvalue weighted by atomic mass is 16.5. The van der Waals surface area contributed by atoms with E-state index in [0.717, 1.165) is 11.3 Å². The molecule has 0 bridgehead atoms. The van der Waals surface area contributed by atoms with Crippen LogP contribution < -0.4 is 26.0 Å². The summed E-state index contributed by atoms with van der Waals surface area (Å²) in [6, 6.07) is 15.4. The zero-order valence-corrected chi connectivity index (χ0v) is 19.4. The first kappa shape index (κ1) is 23.7. The molecule has 4 rings (SSSR count). The molecule has 2 heterocycles. The van der Waals surface area contributed by atoms with E-state index in [1.54, 1.807) is 18.2 Å². The molecular weight excluding hydrogens is 450 g/mol. The van der Waals surface area contributed by atoms with Crippen LogP contribution in [0, 0.1) is 0 Å². The summed E-state index contributed by atoms with van der Waals surface area (Å²) >= 11 is 0. The van der Waals surface area contributed by atoms with Gasteiger partial charge in [-0.25, -0.2) is 9.78 Å². The van der Waals surface area contributed by atoms with Gasteiger partial charge >= 0.3 is 5.63 Å². The highest BCUT2D eigenvalue weighted by Crippen LogP contribution is 2.25. The molecule has 1 N–H and O–H groups in total. The highest BCUT2D eigenvalue weighted by molar-refractivity contribution is 5.97. The molecule has 0 atom stereocenters. The molecule has 0 aliphatic heterocycles. The minimum atomic E-state index is -0.763. The van der Waals surface area contributed by atoms with E-state index in [0.29, 0.717) is 35.6 Å². The van der Waals surface area contributed by atoms with Gasteiger partial charge in [0.1, 0.15) is 11.3 Å². The van der Waals surface area contributed by atoms with Crippen LogP contribution in [0.3, 0.4) is 0 Å². The lowest BCUT2D eigenvalue weighted by molar-refractivity contribution is 0.0948. The molecular formula is C26H25N3O6. The molecule has 0 aliphatic carbocycles. The van der Waals surface area contributed by atoms with Crippen LogP contribution in [0.4, 0.5) is 0 Å². The number of hydrogen-bond acceptors (Lipinski definition) is 7. The number of nitrogens with one attached hydrogen (secondary N) is 1. The van der Waals surface area contributed by atoms with Crippen LogP contribution >= 0.6 is 0 Å². The smallest absolute Gasteiger partial charge is 0.349 e. The fraction of sp³-hybridized carbons (Fsp3) is 0.231. The lowest BCUT2D eigenvalue weighted by Crippen LogP contribution is -2.33. The number of amides is 1. The van der Waals surface area contributed by atoms with E-state index in [2.05, 4.69) is 10.3 Å². The number of carbonyl (C=O) groups excluding carboxylic acids is 1. The fourth-order valence-corrected chi connectivity index (χ4v) is 3.57. The molecule has 2 aromatic heterocycles. The minimum absolute atomic E-state index is 0.123. The van der Waals surface area contributed by atoms with Crippen molar-refractivity contribution in [1.29, 1.82) is 0 Å². The number of rotatable bonds is 9. The summed E-state index contributed by atoms with van der Waals surface area (Å²) < 4.78 is 17.6. The van der Waals surface area contributed by atoms with Gasteiger partial charge in [0, 0.05) is 30.1 Å². The molecule has 0 aliphatic rings. The number of nitrogens with zero attached hydrogens (tertiary/aromatic N) is 2. The first-order valence-electron chi connectivity index (χ1n) is 11.3. The van der Waals surface area contributed by atoms with Crippen molar-refractivity contribution in [3.05, 3.63) is 87.3 Å². The van der Waals surface area contributed by atoms with Crippen LogP contribution in [0.25, 0.3) is 22.2 Å². The molecule has 4 aromatic rings. The highest BCUT2D eigenvalue weighted by Gasteiger charge is 2.15. The molecule has 0 saturated heterocycles. The molecule has 9 nitrogen and oxygen atoms in total. The van der Waals surface area contributed by atoms with E-state index in [9.17, 15) is 14.4 Å². The maximum Gasteiger partial charge on any atom is 0.349 e. The minimum Gasteiger partial charge on any atom is -0.494 e.